The number of rotatable bonds is 0. The number of aryl methyl sites for hydroxylation is 1. The van der Waals surface area contributed by atoms with Gasteiger partial charge >= 0.3 is 0 Å². The van der Waals surface area contributed by atoms with Gasteiger partial charge in [-0.25, -0.2) is 4.98 Å². The molecule has 1 aliphatic rings. The summed E-state index contributed by atoms with van der Waals surface area (Å²) in [4.78, 5) is 18.1. The molecule has 80 valence electrons. The highest BCUT2D eigenvalue weighted by Crippen LogP contribution is 2.35. The van der Waals surface area contributed by atoms with Gasteiger partial charge in [-0.3, -0.25) is 4.79 Å². The Morgan fingerprint density at radius 1 is 1.47 bits per heavy atom. The van der Waals surface area contributed by atoms with E-state index in [1.165, 1.54) is 0 Å². The summed E-state index contributed by atoms with van der Waals surface area (Å²) in [5, 5.41) is 2.91. The molecule has 0 fully saturated rings. The van der Waals surface area contributed by atoms with E-state index in [1.54, 1.807) is 6.20 Å². The summed E-state index contributed by atoms with van der Waals surface area (Å²) >= 11 is 0. The fourth-order valence-electron chi connectivity index (χ4n) is 1.64. The average molecular weight is 205 g/mol. The average Bonchev–Trinajstić information content (AvgIpc) is 2.18. The van der Waals surface area contributed by atoms with Gasteiger partial charge in [0.2, 0.25) is 5.91 Å². The minimum Gasteiger partial charge on any atom is -0.344 e. The highest BCUT2D eigenvalue weighted by molar-refractivity contribution is 6.05. The molecule has 2 heterocycles. The number of likely N-dealkylation sites (N-methyl/N-ethyl adjacent to an activating group) is 1. The van der Waals surface area contributed by atoms with E-state index in [-0.39, 0.29) is 5.91 Å². The molecule has 0 saturated heterocycles. The first-order chi connectivity index (χ1) is 6.94. The smallest absolute Gasteiger partial charge is 0.249 e. The van der Waals surface area contributed by atoms with E-state index < -0.39 is 5.54 Å². The molecule has 0 aliphatic carbocycles. The lowest BCUT2D eigenvalue weighted by atomic mass is 9.98. The summed E-state index contributed by atoms with van der Waals surface area (Å²) in [6.07, 6.45) is 1.76. The van der Waals surface area contributed by atoms with Crippen LogP contribution in [0.1, 0.15) is 19.4 Å². The van der Waals surface area contributed by atoms with Crippen LogP contribution in [-0.4, -0.2) is 23.5 Å². The first-order valence-electron chi connectivity index (χ1n) is 4.95. The molecule has 0 unspecified atom stereocenters. The molecular weight excluding hydrogens is 190 g/mol. The summed E-state index contributed by atoms with van der Waals surface area (Å²) in [5.41, 5.74) is 1.31. The van der Waals surface area contributed by atoms with Crippen LogP contribution in [0, 0.1) is 6.92 Å². The highest BCUT2D eigenvalue weighted by atomic mass is 16.2. The van der Waals surface area contributed by atoms with Crippen LogP contribution in [0.5, 0.6) is 0 Å². The fraction of sp³-hybridized carbons (Fsp3) is 0.455. The van der Waals surface area contributed by atoms with Crippen LogP contribution in [0.3, 0.4) is 0 Å². The normalized spacial score (nSPS) is 18.4. The first-order valence-corrected chi connectivity index (χ1v) is 4.95. The maximum Gasteiger partial charge on any atom is 0.249 e. The number of carbonyl (C=O) groups excluding carboxylic acids is 1. The third-order valence-corrected chi connectivity index (χ3v) is 3.09. The molecule has 15 heavy (non-hydrogen) atoms. The number of fused-ring (bicyclic) bond motifs is 1. The lowest BCUT2D eigenvalue weighted by Gasteiger charge is -2.40. The Morgan fingerprint density at radius 2 is 2.13 bits per heavy atom. The summed E-state index contributed by atoms with van der Waals surface area (Å²) < 4.78 is 0. The molecule has 0 radical (unpaired) electrons. The van der Waals surface area contributed by atoms with Crippen LogP contribution in [0.15, 0.2) is 12.3 Å². The van der Waals surface area contributed by atoms with Gasteiger partial charge in [0.15, 0.2) is 5.82 Å². The Morgan fingerprint density at radius 3 is 2.80 bits per heavy atom. The van der Waals surface area contributed by atoms with E-state index in [0.717, 1.165) is 17.1 Å². The lowest BCUT2D eigenvalue weighted by Crippen LogP contribution is -2.54. The predicted molar refractivity (Wildman–Crippen MR) is 60.1 cm³/mol. The zero-order valence-electron chi connectivity index (χ0n) is 9.46. The van der Waals surface area contributed by atoms with E-state index in [1.807, 2.05) is 38.8 Å². The van der Waals surface area contributed by atoms with Crippen LogP contribution in [-0.2, 0) is 4.79 Å². The molecule has 4 nitrogen and oxygen atoms in total. The monoisotopic (exact) mass is 205 g/mol. The number of hydrogen-bond donors (Lipinski definition) is 1. The first kappa shape index (κ1) is 9.96. The van der Waals surface area contributed by atoms with Gasteiger partial charge in [0.1, 0.15) is 5.54 Å². The van der Waals surface area contributed by atoms with Gasteiger partial charge in [0, 0.05) is 13.2 Å². The third kappa shape index (κ3) is 1.28. The Hall–Kier alpha value is -1.58. The molecule has 1 N–H and O–H groups in total. The number of anilines is 2. The maximum absolute atomic E-state index is 11.9. The van der Waals surface area contributed by atoms with E-state index in [0.29, 0.717) is 0 Å². The van der Waals surface area contributed by atoms with Crippen LogP contribution in [0.2, 0.25) is 0 Å². The van der Waals surface area contributed by atoms with Crippen molar-refractivity contribution in [3.63, 3.8) is 0 Å². The molecule has 1 amide bonds. The van der Waals surface area contributed by atoms with Crippen molar-refractivity contribution in [1.82, 2.24) is 4.98 Å². The quantitative estimate of drug-likeness (QED) is 0.699. The van der Waals surface area contributed by atoms with Gasteiger partial charge in [-0.15, -0.1) is 0 Å². The SMILES string of the molecule is Cc1ccnc2c1NC(=O)C(C)(C)N2C. The highest BCUT2D eigenvalue weighted by Gasteiger charge is 2.39. The predicted octanol–water partition coefficient (Wildman–Crippen LogP) is 1.56. The third-order valence-electron chi connectivity index (χ3n) is 3.09. The second-order valence-corrected chi connectivity index (χ2v) is 4.40. The molecule has 1 aliphatic heterocycles. The van der Waals surface area contributed by atoms with Crippen LogP contribution in [0.4, 0.5) is 11.5 Å². The molecule has 0 bridgehead atoms. The van der Waals surface area contributed by atoms with E-state index in [2.05, 4.69) is 10.3 Å². The van der Waals surface area contributed by atoms with Crippen molar-refractivity contribution < 1.29 is 4.79 Å². The van der Waals surface area contributed by atoms with Crippen molar-refractivity contribution in [2.45, 2.75) is 26.3 Å². The van der Waals surface area contributed by atoms with Crippen molar-refractivity contribution in [3.8, 4) is 0 Å². The molecule has 2 rings (SSSR count). The molecule has 0 spiro atoms. The number of pyridine rings is 1. The number of nitrogens with zero attached hydrogens (tertiary/aromatic N) is 2. The van der Waals surface area contributed by atoms with Gasteiger partial charge in [0.05, 0.1) is 5.69 Å². The van der Waals surface area contributed by atoms with Gasteiger partial charge in [0.25, 0.3) is 0 Å². The molecule has 4 heteroatoms. The minimum absolute atomic E-state index is 0.00796. The van der Waals surface area contributed by atoms with Crippen molar-refractivity contribution in [2.24, 2.45) is 0 Å². The zero-order valence-corrected chi connectivity index (χ0v) is 9.46. The largest absolute Gasteiger partial charge is 0.344 e. The number of aromatic nitrogens is 1. The second-order valence-electron chi connectivity index (χ2n) is 4.40. The Balaban J connectivity index is 2.61. The second kappa shape index (κ2) is 2.95. The Bertz CT molecular complexity index is 426. The zero-order chi connectivity index (χ0) is 11.2. The van der Waals surface area contributed by atoms with E-state index in [9.17, 15) is 4.79 Å². The molecule has 1 aromatic heterocycles. The number of hydrogen-bond acceptors (Lipinski definition) is 3. The number of amides is 1. The van der Waals surface area contributed by atoms with E-state index in [4.69, 9.17) is 0 Å². The fourth-order valence-corrected chi connectivity index (χ4v) is 1.64. The lowest BCUT2D eigenvalue weighted by molar-refractivity contribution is -0.120. The molecule has 1 aromatic rings. The Labute approximate surface area is 89.3 Å². The molecule has 0 atom stereocenters. The van der Waals surface area contributed by atoms with E-state index >= 15 is 0 Å². The summed E-state index contributed by atoms with van der Waals surface area (Å²) in [6, 6.07) is 1.89. The van der Waals surface area contributed by atoms with Crippen molar-refractivity contribution >= 4 is 17.4 Å². The Kier molecular flexibility index (Phi) is 1.96. The van der Waals surface area contributed by atoms with Gasteiger partial charge < -0.3 is 10.2 Å². The summed E-state index contributed by atoms with van der Waals surface area (Å²) in [7, 11) is 1.89. The maximum atomic E-state index is 11.9. The van der Waals surface area contributed by atoms with Crippen molar-refractivity contribution in [3.05, 3.63) is 17.8 Å². The number of nitrogens with one attached hydrogen (secondary N) is 1. The molecular formula is C11H15N3O. The summed E-state index contributed by atoms with van der Waals surface area (Å²) in [5.74, 6) is 0.841. The van der Waals surface area contributed by atoms with Crippen molar-refractivity contribution in [2.75, 3.05) is 17.3 Å². The van der Waals surface area contributed by atoms with Gasteiger partial charge in [-0.05, 0) is 32.4 Å². The molecule has 0 saturated carbocycles. The van der Waals surface area contributed by atoms with Crippen molar-refractivity contribution in [1.29, 1.82) is 0 Å². The van der Waals surface area contributed by atoms with Crippen LogP contribution >= 0.6 is 0 Å². The van der Waals surface area contributed by atoms with Gasteiger partial charge in [-0.1, -0.05) is 0 Å². The topological polar surface area (TPSA) is 45.2 Å². The minimum atomic E-state index is -0.548. The van der Waals surface area contributed by atoms with Gasteiger partial charge in [-0.2, -0.15) is 0 Å². The molecule has 0 aromatic carbocycles. The van der Waals surface area contributed by atoms with Crippen LogP contribution < -0.4 is 10.2 Å². The number of carbonyl (C=O) groups is 1. The standard InChI is InChI=1S/C11H15N3O/c1-7-5-6-12-9-8(7)13-10(15)11(2,3)14(9)4/h5-6H,1-4H3,(H,13,15). The van der Waals surface area contributed by atoms with Crippen LogP contribution in [0.25, 0.3) is 0 Å². The summed E-state index contributed by atoms with van der Waals surface area (Å²) in [6.45, 7) is 5.73.